The molecule has 0 aliphatic carbocycles. The van der Waals surface area contributed by atoms with Crippen LogP contribution in [-0.2, 0) is 0 Å². The van der Waals surface area contributed by atoms with Crippen LogP contribution >= 0.6 is 0 Å². The molecule has 1 aliphatic heterocycles. The van der Waals surface area contributed by atoms with Crippen molar-refractivity contribution in [1.82, 2.24) is 4.90 Å². The SMILES string of the molecule is CCC(O)(CN)CCCN1CCCC(C)CC1. The molecule has 0 aromatic rings. The quantitative estimate of drug-likeness (QED) is 0.749. The van der Waals surface area contributed by atoms with Gasteiger partial charge in [0.05, 0.1) is 5.60 Å². The molecule has 1 saturated heterocycles. The Balaban J connectivity index is 2.21. The molecule has 3 heteroatoms. The molecule has 1 fully saturated rings. The van der Waals surface area contributed by atoms with Gasteiger partial charge in [-0.05, 0) is 64.1 Å². The van der Waals surface area contributed by atoms with E-state index in [1.807, 2.05) is 6.92 Å². The summed E-state index contributed by atoms with van der Waals surface area (Å²) >= 11 is 0. The van der Waals surface area contributed by atoms with Crippen molar-refractivity contribution in [2.24, 2.45) is 11.7 Å². The van der Waals surface area contributed by atoms with Gasteiger partial charge in [-0.15, -0.1) is 0 Å². The average Bonchev–Trinajstić information content (AvgIpc) is 2.54. The number of aliphatic hydroxyl groups is 1. The average molecular weight is 242 g/mol. The predicted molar refractivity (Wildman–Crippen MR) is 73.0 cm³/mol. The maximum absolute atomic E-state index is 10.1. The van der Waals surface area contributed by atoms with Crippen LogP contribution in [0, 0.1) is 5.92 Å². The topological polar surface area (TPSA) is 49.5 Å². The van der Waals surface area contributed by atoms with Crippen LogP contribution in [0.15, 0.2) is 0 Å². The van der Waals surface area contributed by atoms with Crippen LogP contribution in [0.4, 0.5) is 0 Å². The zero-order valence-corrected chi connectivity index (χ0v) is 11.6. The Morgan fingerprint density at radius 1 is 1.35 bits per heavy atom. The molecule has 0 aromatic carbocycles. The third-order valence-electron chi connectivity index (χ3n) is 4.26. The van der Waals surface area contributed by atoms with E-state index in [0.717, 1.165) is 31.7 Å². The van der Waals surface area contributed by atoms with E-state index in [9.17, 15) is 5.11 Å². The molecule has 0 saturated carbocycles. The van der Waals surface area contributed by atoms with E-state index >= 15 is 0 Å². The Bertz CT molecular complexity index is 204. The van der Waals surface area contributed by atoms with Gasteiger partial charge in [0.15, 0.2) is 0 Å². The summed E-state index contributed by atoms with van der Waals surface area (Å²) in [5, 5.41) is 10.1. The molecule has 0 spiro atoms. The number of hydrogen-bond acceptors (Lipinski definition) is 3. The normalized spacial score (nSPS) is 26.5. The minimum absolute atomic E-state index is 0.389. The smallest absolute Gasteiger partial charge is 0.0767 e. The summed E-state index contributed by atoms with van der Waals surface area (Å²) in [5.41, 5.74) is 4.99. The van der Waals surface area contributed by atoms with Crippen molar-refractivity contribution < 1.29 is 5.11 Å². The van der Waals surface area contributed by atoms with Crippen LogP contribution in [0.5, 0.6) is 0 Å². The van der Waals surface area contributed by atoms with E-state index in [2.05, 4.69) is 11.8 Å². The lowest BCUT2D eigenvalue weighted by Gasteiger charge is -2.27. The molecule has 0 aromatic heterocycles. The molecule has 3 nitrogen and oxygen atoms in total. The van der Waals surface area contributed by atoms with Gasteiger partial charge in [0.2, 0.25) is 0 Å². The van der Waals surface area contributed by atoms with Crippen LogP contribution in [0.3, 0.4) is 0 Å². The Morgan fingerprint density at radius 2 is 2.12 bits per heavy atom. The second kappa shape index (κ2) is 7.34. The minimum Gasteiger partial charge on any atom is -0.389 e. The van der Waals surface area contributed by atoms with Crippen LogP contribution in [-0.4, -0.2) is 41.8 Å². The third kappa shape index (κ3) is 5.36. The first-order valence-electron chi connectivity index (χ1n) is 7.24. The van der Waals surface area contributed by atoms with Crippen molar-refractivity contribution in [1.29, 1.82) is 0 Å². The van der Waals surface area contributed by atoms with E-state index in [-0.39, 0.29) is 0 Å². The molecule has 2 atom stereocenters. The van der Waals surface area contributed by atoms with Crippen molar-refractivity contribution in [2.75, 3.05) is 26.2 Å². The summed E-state index contributed by atoms with van der Waals surface area (Å²) in [6.45, 7) is 8.34. The molecule has 1 heterocycles. The Morgan fingerprint density at radius 3 is 2.76 bits per heavy atom. The van der Waals surface area contributed by atoms with Gasteiger partial charge in [0.1, 0.15) is 0 Å². The van der Waals surface area contributed by atoms with Crippen LogP contribution in [0.2, 0.25) is 0 Å². The predicted octanol–water partition coefficient (Wildman–Crippen LogP) is 1.99. The van der Waals surface area contributed by atoms with Crippen molar-refractivity contribution in [3.8, 4) is 0 Å². The molecular formula is C14H30N2O. The molecule has 0 radical (unpaired) electrons. The Hall–Kier alpha value is -0.120. The van der Waals surface area contributed by atoms with Gasteiger partial charge in [-0.1, -0.05) is 13.8 Å². The van der Waals surface area contributed by atoms with Gasteiger partial charge in [0.25, 0.3) is 0 Å². The fourth-order valence-electron chi connectivity index (χ4n) is 2.60. The lowest BCUT2D eigenvalue weighted by molar-refractivity contribution is 0.0317. The minimum atomic E-state index is -0.626. The fourth-order valence-corrected chi connectivity index (χ4v) is 2.60. The molecule has 102 valence electrons. The van der Waals surface area contributed by atoms with Gasteiger partial charge in [-0.3, -0.25) is 0 Å². The summed E-state index contributed by atoms with van der Waals surface area (Å²) in [6, 6.07) is 0. The molecular weight excluding hydrogens is 212 g/mol. The summed E-state index contributed by atoms with van der Waals surface area (Å²) in [7, 11) is 0. The fraction of sp³-hybridized carbons (Fsp3) is 1.00. The van der Waals surface area contributed by atoms with Crippen LogP contribution < -0.4 is 5.73 Å². The highest BCUT2D eigenvalue weighted by Crippen LogP contribution is 2.19. The van der Waals surface area contributed by atoms with Crippen molar-refractivity contribution in [2.45, 2.75) is 58.0 Å². The van der Waals surface area contributed by atoms with Gasteiger partial charge < -0.3 is 15.7 Å². The maximum Gasteiger partial charge on any atom is 0.0767 e. The largest absolute Gasteiger partial charge is 0.389 e. The van der Waals surface area contributed by atoms with Crippen molar-refractivity contribution in [3.05, 3.63) is 0 Å². The highest BCUT2D eigenvalue weighted by molar-refractivity contribution is 4.78. The van der Waals surface area contributed by atoms with E-state index in [0.29, 0.717) is 6.54 Å². The first-order chi connectivity index (χ1) is 8.09. The van der Waals surface area contributed by atoms with Gasteiger partial charge in [-0.2, -0.15) is 0 Å². The number of nitrogens with two attached hydrogens (primary N) is 1. The molecule has 2 unspecified atom stereocenters. The van der Waals surface area contributed by atoms with E-state index < -0.39 is 5.60 Å². The summed E-state index contributed by atoms with van der Waals surface area (Å²) in [5.74, 6) is 0.886. The second-order valence-electron chi connectivity index (χ2n) is 5.76. The van der Waals surface area contributed by atoms with Crippen LogP contribution in [0.1, 0.15) is 52.4 Å². The Kier molecular flexibility index (Phi) is 6.45. The first-order valence-corrected chi connectivity index (χ1v) is 7.24. The van der Waals surface area contributed by atoms with Gasteiger partial charge >= 0.3 is 0 Å². The zero-order chi connectivity index (χ0) is 12.7. The number of likely N-dealkylation sites (tertiary alicyclic amines) is 1. The van der Waals surface area contributed by atoms with E-state index in [1.165, 1.54) is 32.4 Å². The van der Waals surface area contributed by atoms with Crippen molar-refractivity contribution in [3.63, 3.8) is 0 Å². The van der Waals surface area contributed by atoms with Gasteiger partial charge in [0, 0.05) is 6.54 Å². The van der Waals surface area contributed by atoms with Crippen LogP contribution in [0.25, 0.3) is 0 Å². The summed E-state index contributed by atoms with van der Waals surface area (Å²) < 4.78 is 0. The maximum atomic E-state index is 10.1. The molecule has 17 heavy (non-hydrogen) atoms. The van der Waals surface area contributed by atoms with E-state index in [1.54, 1.807) is 0 Å². The monoisotopic (exact) mass is 242 g/mol. The molecule has 3 N–H and O–H groups in total. The zero-order valence-electron chi connectivity index (χ0n) is 11.6. The lowest BCUT2D eigenvalue weighted by atomic mass is 9.95. The summed E-state index contributed by atoms with van der Waals surface area (Å²) in [4.78, 5) is 2.55. The standard InChI is InChI=1S/C14H30N2O/c1-3-14(17,12-15)8-5-10-16-9-4-6-13(2)7-11-16/h13,17H,3-12,15H2,1-2H3. The molecule has 1 rings (SSSR count). The third-order valence-corrected chi connectivity index (χ3v) is 4.26. The Labute approximate surface area is 106 Å². The first kappa shape index (κ1) is 14.9. The number of rotatable bonds is 6. The molecule has 0 amide bonds. The number of nitrogens with zero attached hydrogens (tertiary/aromatic N) is 1. The lowest BCUT2D eigenvalue weighted by Crippen LogP contribution is -2.38. The summed E-state index contributed by atoms with van der Waals surface area (Å²) in [6.07, 6.45) is 6.70. The molecule has 0 bridgehead atoms. The number of hydrogen-bond donors (Lipinski definition) is 2. The highest BCUT2D eigenvalue weighted by atomic mass is 16.3. The van der Waals surface area contributed by atoms with E-state index in [4.69, 9.17) is 5.73 Å². The highest BCUT2D eigenvalue weighted by Gasteiger charge is 2.22. The van der Waals surface area contributed by atoms with Gasteiger partial charge in [-0.25, -0.2) is 0 Å². The second-order valence-corrected chi connectivity index (χ2v) is 5.76. The molecule has 1 aliphatic rings. The van der Waals surface area contributed by atoms with Crippen molar-refractivity contribution >= 4 is 0 Å².